The number of benzene rings is 2. The molecule has 0 saturated carbocycles. The van der Waals surface area contributed by atoms with Crippen molar-refractivity contribution in [2.75, 3.05) is 5.32 Å². The van der Waals surface area contributed by atoms with Crippen molar-refractivity contribution in [1.82, 2.24) is 9.88 Å². The molecule has 0 radical (unpaired) electrons. The van der Waals surface area contributed by atoms with Crippen LogP contribution in [0.2, 0.25) is 5.02 Å². The van der Waals surface area contributed by atoms with Crippen LogP contribution < -0.4 is 21.9 Å². The van der Waals surface area contributed by atoms with Crippen LogP contribution in [0.25, 0.3) is 0 Å². The second-order valence-corrected chi connectivity index (χ2v) is 8.13. The first-order valence-corrected chi connectivity index (χ1v) is 10.8. The van der Waals surface area contributed by atoms with E-state index < -0.39 is 29.4 Å². The molecule has 2 aromatic carbocycles. The monoisotopic (exact) mass is 484 g/mol. The molecule has 0 spiro atoms. The van der Waals surface area contributed by atoms with Crippen molar-refractivity contribution in [2.45, 2.75) is 32.5 Å². The fourth-order valence-electron chi connectivity index (χ4n) is 3.48. The van der Waals surface area contributed by atoms with Gasteiger partial charge in [0.1, 0.15) is 5.75 Å². The third-order valence-electron chi connectivity index (χ3n) is 5.31. The van der Waals surface area contributed by atoms with Gasteiger partial charge in [0.2, 0.25) is 0 Å². The average molecular weight is 485 g/mol. The van der Waals surface area contributed by atoms with Crippen LogP contribution in [0.4, 0.5) is 10.5 Å². The summed E-state index contributed by atoms with van der Waals surface area (Å²) in [7, 11) is 0. The molecule has 0 bridgehead atoms. The van der Waals surface area contributed by atoms with Crippen molar-refractivity contribution in [1.29, 1.82) is 0 Å². The summed E-state index contributed by atoms with van der Waals surface area (Å²) >= 11 is 6.21. The first-order valence-electron chi connectivity index (χ1n) is 10.4. The number of nitrogens with zero attached hydrogens (tertiary/aromatic N) is 1. The van der Waals surface area contributed by atoms with Gasteiger partial charge in [-0.3, -0.25) is 9.59 Å². The van der Waals surface area contributed by atoms with Crippen LogP contribution in [0.5, 0.6) is 5.75 Å². The topological polar surface area (TPSA) is 147 Å². The third kappa shape index (κ3) is 5.94. The molecular formula is C24H25ClN4O5. The molecule has 6 N–H and O–H groups in total. The number of aliphatic carboxylic acids is 1. The molecule has 178 valence electrons. The Hall–Kier alpha value is -3.82. The summed E-state index contributed by atoms with van der Waals surface area (Å²) in [4.78, 5) is 37.1. The number of anilines is 1. The normalized spacial score (nSPS) is 11.6. The second-order valence-electron chi connectivity index (χ2n) is 7.72. The van der Waals surface area contributed by atoms with Crippen molar-refractivity contribution in [3.8, 4) is 5.75 Å². The fraction of sp³-hybridized carbons (Fsp3) is 0.208. The summed E-state index contributed by atoms with van der Waals surface area (Å²) < 4.78 is 1.37. The maximum atomic E-state index is 13.1. The van der Waals surface area contributed by atoms with E-state index in [2.05, 4.69) is 10.6 Å². The summed E-state index contributed by atoms with van der Waals surface area (Å²) in [6, 6.07) is 13.5. The predicted octanol–water partition coefficient (Wildman–Crippen LogP) is 3.36. The Morgan fingerprint density at radius 1 is 1.15 bits per heavy atom. The first-order chi connectivity index (χ1) is 16.2. The highest BCUT2D eigenvalue weighted by atomic mass is 35.5. The van der Waals surface area contributed by atoms with E-state index in [-0.39, 0.29) is 18.7 Å². The molecule has 10 heteroatoms. The molecule has 0 aliphatic heterocycles. The lowest BCUT2D eigenvalue weighted by Crippen LogP contribution is -2.36. The van der Waals surface area contributed by atoms with Gasteiger partial charge >= 0.3 is 12.0 Å². The number of rotatable bonds is 8. The lowest BCUT2D eigenvalue weighted by molar-refractivity contribution is -0.137. The molecule has 1 heterocycles. The SMILES string of the molecule is Cc1cc(O)c(NC(=O)NC(CC(=O)O)c2ccc(CN)cc2)c(=O)n1Cc1ccccc1Cl. The number of nitrogens with one attached hydrogen (secondary N) is 2. The summed E-state index contributed by atoms with van der Waals surface area (Å²) in [5.74, 6) is -1.52. The van der Waals surface area contributed by atoms with Crippen LogP contribution in [-0.2, 0) is 17.9 Å². The molecule has 0 fully saturated rings. The van der Waals surface area contributed by atoms with E-state index in [4.69, 9.17) is 17.3 Å². The van der Waals surface area contributed by atoms with Crippen molar-refractivity contribution in [2.24, 2.45) is 5.73 Å². The van der Waals surface area contributed by atoms with E-state index >= 15 is 0 Å². The van der Waals surface area contributed by atoms with Crippen LogP contribution in [0, 0.1) is 6.92 Å². The maximum absolute atomic E-state index is 13.1. The number of carboxylic acid groups (broad SMARTS) is 1. The van der Waals surface area contributed by atoms with E-state index in [1.165, 1.54) is 10.6 Å². The van der Waals surface area contributed by atoms with E-state index in [1.807, 2.05) is 0 Å². The quantitative estimate of drug-likeness (QED) is 0.331. The molecular weight excluding hydrogens is 460 g/mol. The summed E-state index contributed by atoms with van der Waals surface area (Å²) in [6.07, 6.45) is -0.383. The number of amides is 2. The van der Waals surface area contributed by atoms with E-state index in [0.717, 1.165) is 5.56 Å². The second kappa shape index (κ2) is 10.9. The standard InChI is InChI=1S/C24H25ClN4O5/c1-14-10-20(30)22(23(33)29(14)13-17-4-2-3-5-18(17)25)28-24(34)27-19(11-21(31)32)16-8-6-15(12-26)7-9-16/h2-10,19,30H,11-13,26H2,1H3,(H,31,32)(H2,27,28,34). The van der Waals surface area contributed by atoms with Crippen LogP contribution in [-0.4, -0.2) is 26.8 Å². The minimum absolute atomic E-state index is 0.135. The van der Waals surface area contributed by atoms with E-state index in [0.29, 0.717) is 28.4 Å². The number of aryl methyl sites for hydroxylation is 1. The minimum Gasteiger partial charge on any atom is -0.505 e. The van der Waals surface area contributed by atoms with Gasteiger partial charge in [0.05, 0.1) is 19.0 Å². The predicted molar refractivity (Wildman–Crippen MR) is 129 cm³/mol. The molecule has 34 heavy (non-hydrogen) atoms. The number of carboxylic acids is 1. The number of carbonyl (C=O) groups excluding carboxylic acids is 1. The van der Waals surface area contributed by atoms with Gasteiger partial charge in [0, 0.05) is 23.3 Å². The number of hydrogen-bond donors (Lipinski definition) is 5. The highest BCUT2D eigenvalue weighted by Crippen LogP contribution is 2.23. The number of nitrogens with two attached hydrogens (primary N) is 1. The van der Waals surface area contributed by atoms with Gasteiger partial charge in [-0.25, -0.2) is 4.79 Å². The number of hydrogen-bond acceptors (Lipinski definition) is 5. The Morgan fingerprint density at radius 2 is 1.82 bits per heavy atom. The molecule has 1 atom stereocenters. The molecule has 1 aromatic heterocycles. The van der Waals surface area contributed by atoms with Gasteiger partial charge < -0.3 is 31.1 Å². The highest BCUT2D eigenvalue weighted by Gasteiger charge is 2.21. The van der Waals surface area contributed by atoms with Gasteiger partial charge in [-0.15, -0.1) is 0 Å². The zero-order chi connectivity index (χ0) is 24.8. The Balaban J connectivity index is 1.85. The van der Waals surface area contributed by atoms with Gasteiger partial charge in [-0.2, -0.15) is 0 Å². The zero-order valence-electron chi connectivity index (χ0n) is 18.4. The molecule has 0 aliphatic rings. The van der Waals surface area contributed by atoms with Crippen molar-refractivity contribution >= 4 is 29.3 Å². The van der Waals surface area contributed by atoms with Gasteiger partial charge in [-0.05, 0) is 29.7 Å². The molecule has 1 unspecified atom stereocenters. The number of pyridine rings is 1. The van der Waals surface area contributed by atoms with E-state index in [1.54, 1.807) is 55.5 Å². The number of halogens is 1. The number of urea groups is 1. The fourth-order valence-corrected chi connectivity index (χ4v) is 3.68. The zero-order valence-corrected chi connectivity index (χ0v) is 19.2. The third-order valence-corrected chi connectivity index (χ3v) is 5.68. The lowest BCUT2D eigenvalue weighted by atomic mass is 10.0. The van der Waals surface area contributed by atoms with Crippen LogP contribution in [0.1, 0.15) is 34.8 Å². The molecule has 0 saturated heterocycles. The Kier molecular flexibility index (Phi) is 7.93. The van der Waals surface area contributed by atoms with Gasteiger partial charge in [0.15, 0.2) is 5.69 Å². The average Bonchev–Trinajstić information content (AvgIpc) is 2.80. The van der Waals surface area contributed by atoms with Crippen LogP contribution >= 0.6 is 11.6 Å². The molecule has 3 aromatic rings. The van der Waals surface area contributed by atoms with E-state index in [9.17, 15) is 24.6 Å². The number of carbonyl (C=O) groups is 2. The Bertz CT molecular complexity index is 1260. The number of aromatic nitrogens is 1. The summed E-state index contributed by atoms with van der Waals surface area (Å²) in [6.45, 7) is 2.11. The van der Waals surface area contributed by atoms with Crippen LogP contribution in [0.3, 0.4) is 0 Å². The van der Waals surface area contributed by atoms with Crippen molar-refractivity contribution in [3.05, 3.63) is 92.4 Å². The van der Waals surface area contributed by atoms with Crippen LogP contribution in [0.15, 0.2) is 59.4 Å². The smallest absolute Gasteiger partial charge is 0.319 e. The maximum Gasteiger partial charge on any atom is 0.319 e. The molecule has 9 nitrogen and oxygen atoms in total. The number of aromatic hydroxyl groups is 1. The van der Waals surface area contributed by atoms with Crippen molar-refractivity contribution in [3.63, 3.8) is 0 Å². The van der Waals surface area contributed by atoms with Crippen molar-refractivity contribution < 1.29 is 19.8 Å². The summed E-state index contributed by atoms with van der Waals surface area (Å²) in [5, 5.41) is 25.0. The van der Waals surface area contributed by atoms with Gasteiger partial charge in [0.25, 0.3) is 5.56 Å². The minimum atomic E-state index is -1.12. The molecule has 2 amide bonds. The first kappa shape index (κ1) is 24.8. The Morgan fingerprint density at radius 3 is 2.44 bits per heavy atom. The Labute approximate surface area is 200 Å². The summed E-state index contributed by atoms with van der Waals surface area (Å²) in [5.41, 5.74) is 7.20. The molecule has 0 aliphatic carbocycles. The van der Waals surface area contributed by atoms with Gasteiger partial charge in [-0.1, -0.05) is 54.1 Å². The largest absolute Gasteiger partial charge is 0.505 e. The lowest BCUT2D eigenvalue weighted by Gasteiger charge is -2.19. The highest BCUT2D eigenvalue weighted by molar-refractivity contribution is 6.31. The molecule has 3 rings (SSSR count).